The van der Waals surface area contributed by atoms with Crippen molar-refractivity contribution in [2.24, 2.45) is 5.10 Å². The van der Waals surface area contributed by atoms with Crippen molar-refractivity contribution < 1.29 is 9.53 Å². The molecule has 3 rings (SSSR count). The smallest absolute Gasteiger partial charge is 0.272 e. The minimum Gasteiger partial charge on any atom is -0.489 e. The second-order valence-corrected chi connectivity index (χ2v) is 6.51. The van der Waals surface area contributed by atoms with Crippen molar-refractivity contribution in [2.45, 2.75) is 6.61 Å². The van der Waals surface area contributed by atoms with Crippen LogP contribution in [-0.2, 0) is 6.61 Å². The summed E-state index contributed by atoms with van der Waals surface area (Å²) in [6.45, 7) is 0.506. The second kappa shape index (κ2) is 9.21. The van der Waals surface area contributed by atoms with Gasteiger partial charge in [0.05, 0.1) is 16.8 Å². The molecule has 4 nitrogen and oxygen atoms in total. The number of hydrazone groups is 1. The average Bonchev–Trinajstić information content (AvgIpc) is 2.68. The van der Waals surface area contributed by atoms with Gasteiger partial charge in [-0.05, 0) is 53.6 Å². The van der Waals surface area contributed by atoms with Crippen LogP contribution in [0.3, 0.4) is 0 Å². The second-order valence-electron chi connectivity index (χ2n) is 5.67. The summed E-state index contributed by atoms with van der Waals surface area (Å²) < 4.78 is 5.73. The van der Waals surface area contributed by atoms with Crippen LogP contribution in [0.15, 0.2) is 77.9 Å². The molecule has 0 radical (unpaired) electrons. The van der Waals surface area contributed by atoms with E-state index in [4.69, 9.17) is 27.9 Å². The van der Waals surface area contributed by atoms with E-state index in [2.05, 4.69) is 10.5 Å². The number of hydrogen-bond acceptors (Lipinski definition) is 3. The summed E-state index contributed by atoms with van der Waals surface area (Å²) in [5.41, 5.74) is 4.68. The first-order valence-electron chi connectivity index (χ1n) is 8.17. The predicted octanol–water partition coefficient (Wildman–Crippen LogP) is 5.34. The molecule has 0 spiro atoms. The molecule has 0 aromatic heterocycles. The van der Waals surface area contributed by atoms with Crippen LogP contribution in [0.4, 0.5) is 0 Å². The molecule has 0 heterocycles. The molecule has 1 amide bonds. The lowest BCUT2D eigenvalue weighted by atomic mass is 10.2. The van der Waals surface area contributed by atoms with Crippen molar-refractivity contribution in [3.05, 3.63) is 99.5 Å². The molecule has 136 valence electrons. The lowest BCUT2D eigenvalue weighted by molar-refractivity contribution is 0.0955. The van der Waals surface area contributed by atoms with Crippen LogP contribution in [0.1, 0.15) is 21.5 Å². The van der Waals surface area contributed by atoms with Gasteiger partial charge in [0.1, 0.15) is 12.4 Å². The van der Waals surface area contributed by atoms with E-state index in [0.29, 0.717) is 17.2 Å². The van der Waals surface area contributed by atoms with Crippen molar-refractivity contribution in [3.63, 3.8) is 0 Å². The number of nitrogens with one attached hydrogen (secondary N) is 1. The Kier molecular flexibility index (Phi) is 6.47. The van der Waals surface area contributed by atoms with Gasteiger partial charge in [-0.15, -0.1) is 0 Å². The fourth-order valence-corrected chi connectivity index (χ4v) is 2.78. The first-order chi connectivity index (χ1) is 13.1. The Labute approximate surface area is 167 Å². The van der Waals surface area contributed by atoms with E-state index in [1.165, 1.54) is 6.07 Å². The Morgan fingerprint density at radius 2 is 1.74 bits per heavy atom. The van der Waals surface area contributed by atoms with Crippen molar-refractivity contribution >= 4 is 35.3 Å². The Morgan fingerprint density at radius 3 is 2.44 bits per heavy atom. The van der Waals surface area contributed by atoms with Gasteiger partial charge in [-0.2, -0.15) is 5.10 Å². The fraction of sp³-hybridized carbons (Fsp3) is 0.0476. The Morgan fingerprint density at radius 1 is 1.00 bits per heavy atom. The third-order valence-electron chi connectivity index (χ3n) is 3.68. The lowest BCUT2D eigenvalue weighted by Gasteiger charge is -2.06. The van der Waals surface area contributed by atoms with Crippen LogP contribution in [0.5, 0.6) is 5.75 Å². The standard InChI is InChI=1S/C21H16Cl2N2O2/c22-17-8-11-19(20(23)12-17)21(26)25-24-13-15-6-9-18(10-7-15)27-14-16-4-2-1-3-5-16/h1-13H,14H2,(H,25,26)/b24-13+. The maximum Gasteiger partial charge on any atom is 0.272 e. The first kappa shape index (κ1) is 19.0. The van der Waals surface area contributed by atoms with Gasteiger partial charge in [0.15, 0.2) is 0 Å². The first-order valence-corrected chi connectivity index (χ1v) is 8.92. The zero-order chi connectivity index (χ0) is 19.1. The van der Waals surface area contributed by atoms with Crippen molar-refractivity contribution in [2.75, 3.05) is 0 Å². The molecule has 0 saturated carbocycles. The number of hydrogen-bond donors (Lipinski definition) is 1. The molecule has 0 fully saturated rings. The zero-order valence-electron chi connectivity index (χ0n) is 14.2. The van der Waals surface area contributed by atoms with Crippen LogP contribution in [0.2, 0.25) is 10.0 Å². The van der Waals surface area contributed by atoms with Gasteiger partial charge < -0.3 is 4.74 Å². The van der Waals surface area contributed by atoms with Crippen LogP contribution in [0.25, 0.3) is 0 Å². The van der Waals surface area contributed by atoms with Gasteiger partial charge in [-0.3, -0.25) is 4.79 Å². The summed E-state index contributed by atoms with van der Waals surface area (Å²) in [5, 5.41) is 4.69. The summed E-state index contributed by atoms with van der Waals surface area (Å²) >= 11 is 11.8. The molecule has 0 aliphatic rings. The highest BCUT2D eigenvalue weighted by molar-refractivity contribution is 6.36. The summed E-state index contributed by atoms with van der Waals surface area (Å²) in [5.74, 6) is 0.351. The van der Waals surface area contributed by atoms with E-state index < -0.39 is 5.91 Å². The van der Waals surface area contributed by atoms with Crippen LogP contribution >= 0.6 is 23.2 Å². The highest BCUT2D eigenvalue weighted by Crippen LogP contribution is 2.20. The zero-order valence-corrected chi connectivity index (χ0v) is 15.7. The molecule has 0 bridgehead atoms. The number of nitrogens with zero attached hydrogens (tertiary/aromatic N) is 1. The SMILES string of the molecule is O=C(N/N=C/c1ccc(OCc2ccccc2)cc1)c1ccc(Cl)cc1Cl. The number of carbonyl (C=O) groups is 1. The molecule has 1 N–H and O–H groups in total. The van der Waals surface area contributed by atoms with Gasteiger partial charge >= 0.3 is 0 Å². The summed E-state index contributed by atoms with van der Waals surface area (Å²) in [7, 11) is 0. The van der Waals surface area contributed by atoms with Gasteiger partial charge in [0, 0.05) is 5.02 Å². The molecular formula is C21H16Cl2N2O2. The summed E-state index contributed by atoms with van der Waals surface area (Å²) in [6.07, 6.45) is 1.54. The van der Waals surface area contributed by atoms with E-state index in [1.807, 2.05) is 54.6 Å². The highest BCUT2D eigenvalue weighted by atomic mass is 35.5. The predicted molar refractivity (Wildman–Crippen MR) is 109 cm³/mol. The Bertz CT molecular complexity index is 942. The monoisotopic (exact) mass is 398 g/mol. The largest absolute Gasteiger partial charge is 0.489 e. The topological polar surface area (TPSA) is 50.7 Å². The van der Waals surface area contributed by atoms with Crippen LogP contribution in [0, 0.1) is 0 Å². The van der Waals surface area contributed by atoms with Gasteiger partial charge in [0.2, 0.25) is 0 Å². The van der Waals surface area contributed by atoms with Gasteiger partial charge in [-0.25, -0.2) is 5.43 Å². The third kappa shape index (κ3) is 5.58. The number of ether oxygens (including phenoxy) is 1. The number of carbonyl (C=O) groups excluding carboxylic acids is 1. The summed E-state index contributed by atoms with van der Waals surface area (Å²) in [4.78, 5) is 12.1. The number of halogens is 2. The molecular weight excluding hydrogens is 383 g/mol. The Hall–Kier alpha value is -2.82. The molecule has 0 saturated heterocycles. The van der Waals surface area contributed by atoms with Crippen molar-refractivity contribution in [1.29, 1.82) is 0 Å². The van der Waals surface area contributed by atoms with Gasteiger partial charge in [0.25, 0.3) is 5.91 Å². The molecule has 27 heavy (non-hydrogen) atoms. The lowest BCUT2D eigenvalue weighted by Crippen LogP contribution is -2.18. The number of rotatable bonds is 6. The molecule has 0 atom stereocenters. The maximum absolute atomic E-state index is 12.1. The van der Waals surface area contributed by atoms with E-state index in [9.17, 15) is 4.79 Å². The number of amides is 1. The summed E-state index contributed by atoms with van der Waals surface area (Å²) in [6, 6.07) is 22.0. The van der Waals surface area contributed by atoms with E-state index in [0.717, 1.165) is 16.9 Å². The van der Waals surface area contributed by atoms with Gasteiger partial charge in [-0.1, -0.05) is 53.5 Å². The number of benzene rings is 3. The highest BCUT2D eigenvalue weighted by Gasteiger charge is 2.09. The molecule has 0 unspecified atom stereocenters. The van der Waals surface area contributed by atoms with Crippen molar-refractivity contribution in [3.8, 4) is 5.75 Å². The third-order valence-corrected chi connectivity index (χ3v) is 4.23. The quantitative estimate of drug-likeness (QED) is 0.450. The molecule has 0 aliphatic heterocycles. The maximum atomic E-state index is 12.1. The van der Waals surface area contributed by atoms with E-state index >= 15 is 0 Å². The van der Waals surface area contributed by atoms with E-state index in [-0.39, 0.29) is 5.02 Å². The molecule has 3 aromatic carbocycles. The average molecular weight is 399 g/mol. The van der Waals surface area contributed by atoms with E-state index in [1.54, 1.807) is 18.3 Å². The normalized spacial score (nSPS) is 10.7. The fourth-order valence-electron chi connectivity index (χ4n) is 2.29. The minimum atomic E-state index is -0.407. The van der Waals surface area contributed by atoms with Crippen LogP contribution < -0.4 is 10.2 Å². The minimum absolute atomic E-state index is 0.273. The molecule has 6 heteroatoms. The van der Waals surface area contributed by atoms with Crippen LogP contribution in [-0.4, -0.2) is 12.1 Å². The molecule has 3 aromatic rings. The Balaban J connectivity index is 1.53. The van der Waals surface area contributed by atoms with Crippen molar-refractivity contribution in [1.82, 2.24) is 5.43 Å². The molecule has 0 aliphatic carbocycles.